The van der Waals surface area contributed by atoms with Crippen LogP contribution < -0.4 is 16.0 Å². The van der Waals surface area contributed by atoms with E-state index in [0.717, 1.165) is 16.6 Å². The molecule has 1 aromatic carbocycles. The molecular formula is C12H20N3O2+. The lowest BCUT2D eigenvalue weighted by molar-refractivity contribution is -0.884. The number of rotatable bonds is 4. The number of hydrogen-bond acceptors (Lipinski definition) is 3. The highest BCUT2D eigenvalue weighted by atomic mass is 16.5. The maximum Gasteiger partial charge on any atom is 0.265 e. The van der Waals surface area contributed by atoms with E-state index >= 15 is 0 Å². The van der Waals surface area contributed by atoms with E-state index in [1.165, 1.54) is 0 Å². The quantitative estimate of drug-likeness (QED) is 0.347. The molecule has 0 atom stereocenters. The molecule has 1 amide bonds. The van der Waals surface area contributed by atoms with Crippen LogP contribution in [0.3, 0.4) is 0 Å². The second-order valence-corrected chi connectivity index (χ2v) is 4.99. The summed E-state index contributed by atoms with van der Waals surface area (Å²) in [7, 11) is 7.83. The molecule has 0 saturated carbocycles. The summed E-state index contributed by atoms with van der Waals surface area (Å²) in [5.74, 6) is 5.48. The minimum Gasteiger partial charge on any atom is -0.497 e. The van der Waals surface area contributed by atoms with Gasteiger partial charge >= 0.3 is 0 Å². The van der Waals surface area contributed by atoms with E-state index in [9.17, 15) is 4.79 Å². The number of benzene rings is 1. The largest absolute Gasteiger partial charge is 0.497 e. The van der Waals surface area contributed by atoms with Crippen LogP contribution in [0, 0.1) is 0 Å². The number of carbonyl (C=O) groups excluding carboxylic acids is 1. The van der Waals surface area contributed by atoms with E-state index in [0.29, 0.717) is 11.3 Å². The Morgan fingerprint density at radius 3 is 2.47 bits per heavy atom. The van der Waals surface area contributed by atoms with Gasteiger partial charge in [-0.25, -0.2) is 5.84 Å². The van der Waals surface area contributed by atoms with Crippen molar-refractivity contribution in [1.29, 1.82) is 0 Å². The molecule has 5 nitrogen and oxygen atoms in total. The van der Waals surface area contributed by atoms with Gasteiger partial charge in [-0.2, -0.15) is 0 Å². The topological polar surface area (TPSA) is 64.3 Å². The molecule has 0 bridgehead atoms. The molecule has 1 aromatic rings. The molecule has 3 N–H and O–H groups in total. The molecule has 0 heterocycles. The second kappa shape index (κ2) is 5.16. The van der Waals surface area contributed by atoms with Gasteiger partial charge in [-0.05, 0) is 18.2 Å². The number of hydrogen-bond donors (Lipinski definition) is 2. The van der Waals surface area contributed by atoms with Gasteiger partial charge in [0, 0.05) is 11.1 Å². The zero-order valence-electron chi connectivity index (χ0n) is 10.8. The first-order chi connectivity index (χ1) is 7.85. The molecule has 0 unspecified atom stereocenters. The molecule has 94 valence electrons. The Balaban J connectivity index is 3.09. The van der Waals surface area contributed by atoms with Crippen LogP contribution >= 0.6 is 0 Å². The Morgan fingerprint density at radius 1 is 1.35 bits per heavy atom. The normalized spacial score (nSPS) is 11.1. The minimum absolute atomic E-state index is 0.313. The van der Waals surface area contributed by atoms with Gasteiger partial charge in [0.05, 0.1) is 28.3 Å². The van der Waals surface area contributed by atoms with Crippen molar-refractivity contribution in [2.45, 2.75) is 6.54 Å². The van der Waals surface area contributed by atoms with Crippen LogP contribution in [0.15, 0.2) is 18.2 Å². The fourth-order valence-electron chi connectivity index (χ4n) is 1.63. The molecular weight excluding hydrogens is 218 g/mol. The number of amides is 1. The summed E-state index contributed by atoms with van der Waals surface area (Å²) in [5.41, 5.74) is 3.67. The van der Waals surface area contributed by atoms with Crippen molar-refractivity contribution in [3.05, 3.63) is 29.3 Å². The zero-order valence-corrected chi connectivity index (χ0v) is 10.8. The van der Waals surface area contributed by atoms with Gasteiger partial charge in [-0.1, -0.05) is 0 Å². The molecule has 5 heteroatoms. The van der Waals surface area contributed by atoms with E-state index < -0.39 is 0 Å². The summed E-state index contributed by atoms with van der Waals surface area (Å²) >= 11 is 0. The Kier molecular flexibility index (Phi) is 4.09. The van der Waals surface area contributed by atoms with Crippen molar-refractivity contribution in [3.8, 4) is 5.75 Å². The third-order valence-electron chi connectivity index (χ3n) is 2.25. The van der Waals surface area contributed by atoms with Crippen LogP contribution in [0.2, 0.25) is 0 Å². The predicted molar refractivity (Wildman–Crippen MR) is 66.4 cm³/mol. The number of nitrogens with zero attached hydrogens (tertiary/aromatic N) is 1. The van der Waals surface area contributed by atoms with Gasteiger partial charge < -0.3 is 9.22 Å². The van der Waals surface area contributed by atoms with E-state index in [1.807, 2.05) is 12.1 Å². The fourth-order valence-corrected chi connectivity index (χ4v) is 1.63. The standard InChI is InChI=1S/C12H19N3O2/c1-15(2,3)8-9-5-10(12(16)14-13)7-11(6-9)17-4/h5-7H,8,13H2,1-4H3/p+1. The molecule has 0 aliphatic rings. The maximum atomic E-state index is 11.5. The highest BCUT2D eigenvalue weighted by Crippen LogP contribution is 2.19. The van der Waals surface area contributed by atoms with Gasteiger partial charge in [0.1, 0.15) is 12.3 Å². The maximum absolute atomic E-state index is 11.5. The first-order valence-electron chi connectivity index (χ1n) is 5.35. The van der Waals surface area contributed by atoms with Crippen molar-refractivity contribution in [1.82, 2.24) is 5.43 Å². The Bertz CT molecular complexity index is 411. The highest BCUT2D eigenvalue weighted by Gasteiger charge is 2.13. The molecule has 0 radical (unpaired) electrons. The number of quaternary nitrogens is 1. The third kappa shape index (κ3) is 4.05. The lowest BCUT2D eigenvalue weighted by Gasteiger charge is -2.24. The highest BCUT2D eigenvalue weighted by molar-refractivity contribution is 5.94. The fraction of sp³-hybridized carbons (Fsp3) is 0.417. The molecule has 0 spiro atoms. The average Bonchev–Trinajstić information content (AvgIpc) is 2.25. The van der Waals surface area contributed by atoms with Gasteiger partial charge in [-0.15, -0.1) is 0 Å². The van der Waals surface area contributed by atoms with Crippen LogP contribution in [-0.2, 0) is 6.54 Å². The van der Waals surface area contributed by atoms with E-state index in [2.05, 4.69) is 26.6 Å². The van der Waals surface area contributed by atoms with E-state index in [4.69, 9.17) is 10.6 Å². The summed E-state index contributed by atoms with van der Waals surface area (Å²) < 4.78 is 5.95. The van der Waals surface area contributed by atoms with Gasteiger partial charge in [0.25, 0.3) is 5.91 Å². The minimum atomic E-state index is -0.313. The predicted octanol–water partition coefficient (Wildman–Crippen LogP) is 0.505. The Hall–Kier alpha value is -1.59. The monoisotopic (exact) mass is 238 g/mol. The summed E-state index contributed by atoms with van der Waals surface area (Å²) in [5, 5.41) is 0. The molecule has 0 fully saturated rings. The lowest BCUT2D eigenvalue weighted by Crippen LogP contribution is -2.34. The number of nitrogen functional groups attached to an aromatic ring is 1. The lowest BCUT2D eigenvalue weighted by atomic mass is 10.1. The number of nitrogens with one attached hydrogen (secondary N) is 1. The molecule has 0 aliphatic carbocycles. The molecule has 17 heavy (non-hydrogen) atoms. The van der Waals surface area contributed by atoms with Crippen LogP contribution in [0.25, 0.3) is 0 Å². The van der Waals surface area contributed by atoms with Crippen LogP contribution in [0.5, 0.6) is 5.75 Å². The van der Waals surface area contributed by atoms with Crippen LogP contribution in [-0.4, -0.2) is 38.6 Å². The summed E-state index contributed by atoms with van der Waals surface area (Å²) in [6.07, 6.45) is 0. The van der Waals surface area contributed by atoms with E-state index in [1.54, 1.807) is 13.2 Å². The van der Waals surface area contributed by atoms with Gasteiger partial charge in [0.2, 0.25) is 0 Å². The SMILES string of the molecule is COc1cc(C[N+](C)(C)C)cc(C(=O)NN)c1. The second-order valence-electron chi connectivity index (χ2n) is 4.99. The van der Waals surface area contributed by atoms with Crippen molar-refractivity contribution in [2.75, 3.05) is 28.3 Å². The number of carbonyl (C=O) groups is 1. The number of methoxy groups -OCH3 is 1. The van der Waals surface area contributed by atoms with E-state index in [-0.39, 0.29) is 5.91 Å². The first kappa shape index (κ1) is 13.5. The Morgan fingerprint density at radius 2 is 2.00 bits per heavy atom. The first-order valence-corrected chi connectivity index (χ1v) is 5.35. The zero-order chi connectivity index (χ0) is 13.1. The van der Waals surface area contributed by atoms with Crippen LogP contribution in [0.1, 0.15) is 15.9 Å². The Labute approximate surface area is 102 Å². The van der Waals surface area contributed by atoms with Gasteiger partial charge in [-0.3, -0.25) is 10.2 Å². The van der Waals surface area contributed by atoms with Crippen molar-refractivity contribution in [2.24, 2.45) is 5.84 Å². The smallest absolute Gasteiger partial charge is 0.265 e. The van der Waals surface area contributed by atoms with Gasteiger partial charge in [0.15, 0.2) is 0 Å². The van der Waals surface area contributed by atoms with Crippen molar-refractivity contribution in [3.63, 3.8) is 0 Å². The number of ether oxygens (including phenoxy) is 1. The summed E-state index contributed by atoms with van der Waals surface area (Å²) in [6, 6.07) is 5.42. The molecule has 1 rings (SSSR count). The molecule has 0 aliphatic heterocycles. The summed E-state index contributed by atoms with van der Waals surface area (Å²) in [4.78, 5) is 11.5. The van der Waals surface area contributed by atoms with Crippen molar-refractivity contribution >= 4 is 5.91 Å². The van der Waals surface area contributed by atoms with Crippen LogP contribution in [0.4, 0.5) is 0 Å². The van der Waals surface area contributed by atoms with Crippen molar-refractivity contribution < 1.29 is 14.0 Å². The molecule has 0 saturated heterocycles. The molecule has 0 aromatic heterocycles. The number of nitrogens with two attached hydrogens (primary N) is 1. The average molecular weight is 238 g/mol. The third-order valence-corrected chi connectivity index (χ3v) is 2.25. The number of hydrazine groups is 1. The summed E-state index contributed by atoms with van der Waals surface area (Å²) in [6.45, 7) is 0.808.